The van der Waals surface area contributed by atoms with Gasteiger partial charge in [0.25, 0.3) is 0 Å². The van der Waals surface area contributed by atoms with Crippen LogP contribution in [0.1, 0.15) is 11.5 Å². The zero-order chi connectivity index (χ0) is 15.5. The largest absolute Gasteiger partial charge is 0.360 e. The van der Waals surface area contributed by atoms with Crippen molar-refractivity contribution < 1.29 is 14.3 Å². The predicted octanol–water partition coefficient (Wildman–Crippen LogP) is 2.50. The van der Waals surface area contributed by atoms with E-state index >= 15 is 0 Å². The molecule has 1 fully saturated rings. The maximum absolute atomic E-state index is 12.9. The first-order valence-electron chi connectivity index (χ1n) is 6.99. The van der Waals surface area contributed by atoms with E-state index in [1.54, 1.807) is 24.3 Å². The number of hydrogen-bond acceptors (Lipinski definition) is 3. The summed E-state index contributed by atoms with van der Waals surface area (Å²) >= 11 is 0. The average Bonchev–Trinajstić information content (AvgIpc) is 2.56. The third-order valence-electron chi connectivity index (χ3n) is 3.69. The number of carbonyl (C=O) groups is 2. The van der Waals surface area contributed by atoms with Gasteiger partial charge in [-0.1, -0.05) is 48.5 Å². The number of carbonyl (C=O) groups excluding carboxylic acids is 2. The van der Waals surface area contributed by atoms with E-state index in [9.17, 15) is 9.59 Å². The van der Waals surface area contributed by atoms with Gasteiger partial charge in [0, 0.05) is 7.11 Å². The standard InChI is InChI=1S/C17H16N2O3/c1-22-15-14(12-8-4-2-5-9-12)16(20)19(17(21)18-15)13-10-6-3-7-11-13/h2-11,14-15H,1H3,(H,18,21). The molecule has 0 aromatic heterocycles. The molecule has 0 bridgehead atoms. The molecular weight excluding hydrogens is 280 g/mol. The van der Waals surface area contributed by atoms with Gasteiger partial charge in [0.15, 0.2) is 0 Å². The highest BCUT2D eigenvalue weighted by Crippen LogP contribution is 2.29. The molecule has 1 aliphatic heterocycles. The van der Waals surface area contributed by atoms with Crippen molar-refractivity contribution >= 4 is 17.6 Å². The number of hydrogen-bond donors (Lipinski definition) is 1. The van der Waals surface area contributed by atoms with Crippen LogP contribution in [-0.2, 0) is 9.53 Å². The van der Waals surface area contributed by atoms with Gasteiger partial charge in [-0.25, -0.2) is 9.69 Å². The summed E-state index contributed by atoms with van der Waals surface area (Å²) in [5.74, 6) is -0.878. The number of urea groups is 1. The maximum Gasteiger partial charge on any atom is 0.330 e. The summed E-state index contributed by atoms with van der Waals surface area (Å²) in [4.78, 5) is 26.3. The summed E-state index contributed by atoms with van der Waals surface area (Å²) < 4.78 is 5.30. The zero-order valence-corrected chi connectivity index (χ0v) is 12.1. The molecule has 2 atom stereocenters. The monoisotopic (exact) mass is 296 g/mol. The van der Waals surface area contributed by atoms with Gasteiger partial charge in [0.2, 0.25) is 5.91 Å². The Morgan fingerprint density at radius 2 is 1.55 bits per heavy atom. The molecule has 0 radical (unpaired) electrons. The number of rotatable bonds is 3. The number of benzene rings is 2. The fourth-order valence-electron chi connectivity index (χ4n) is 2.63. The van der Waals surface area contributed by atoms with Crippen LogP contribution in [0, 0.1) is 0 Å². The second-order valence-corrected chi connectivity index (χ2v) is 5.00. The van der Waals surface area contributed by atoms with Crippen molar-refractivity contribution in [1.82, 2.24) is 5.32 Å². The number of ether oxygens (including phenoxy) is 1. The van der Waals surface area contributed by atoms with Gasteiger partial charge in [-0.2, -0.15) is 0 Å². The van der Waals surface area contributed by atoms with Crippen LogP contribution in [0.25, 0.3) is 0 Å². The molecule has 2 aromatic carbocycles. The summed E-state index contributed by atoms with van der Waals surface area (Å²) in [6, 6.07) is 17.7. The third-order valence-corrected chi connectivity index (χ3v) is 3.69. The van der Waals surface area contributed by atoms with Crippen molar-refractivity contribution in [2.75, 3.05) is 12.0 Å². The minimum absolute atomic E-state index is 0.298. The molecular formula is C17H16N2O3. The SMILES string of the molecule is COC1NC(=O)N(c2ccccc2)C(=O)C1c1ccccc1. The fourth-order valence-corrected chi connectivity index (χ4v) is 2.63. The highest BCUT2D eigenvalue weighted by molar-refractivity contribution is 6.18. The van der Waals surface area contributed by atoms with Crippen molar-refractivity contribution in [3.63, 3.8) is 0 Å². The average molecular weight is 296 g/mol. The molecule has 2 unspecified atom stereocenters. The lowest BCUT2D eigenvalue weighted by atomic mass is 9.94. The third kappa shape index (κ3) is 2.46. The first-order chi connectivity index (χ1) is 10.7. The molecule has 1 saturated heterocycles. The number of nitrogens with one attached hydrogen (secondary N) is 1. The summed E-state index contributed by atoms with van der Waals surface area (Å²) in [5.41, 5.74) is 1.35. The van der Waals surface area contributed by atoms with Gasteiger partial charge in [0.1, 0.15) is 12.1 Å². The summed E-state index contributed by atoms with van der Waals surface area (Å²) in [5, 5.41) is 2.74. The summed E-state index contributed by atoms with van der Waals surface area (Å²) in [6.07, 6.45) is -0.678. The molecule has 0 spiro atoms. The molecule has 1 N–H and O–H groups in total. The highest BCUT2D eigenvalue weighted by atomic mass is 16.5. The summed E-state index contributed by atoms with van der Waals surface area (Å²) in [6.45, 7) is 0. The van der Waals surface area contributed by atoms with Crippen LogP contribution in [0.15, 0.2) is 60.7 Å². The van der Waals surface area contributed by atoms with E-state index in [1.807, 2.05) is 36.4 Å². The molecule has 5 nitrogen and oxygen atoms in total. The fraction of sp³-hybridized carbons (Fsp3) is 0.176. The minimum atomic E-state index is -0.678. The number of methoxy groups -OCH3 is 1. The van der Waals surface area contributed by atoms with Gasteiger partial charge < -0.3 is 10.1 Å². The summed E-state index contributed by atoms with van der Waals surface area (Å²) in [7, 11) is 1.48. The topological polar surface area (TPSA) is 58.6 Å². The van der Waals surface area contributed by atoms with E-state index in [0.717, 1.165) is 10.5 Å². The number of anilines is 1. The van der Waals surface area contributed by atoms with E-state index in [0.29, 0.717) is 5.69 Å². The van der Waals surface area contributed by atoms with Crippen LogP contribution in [0.3, 0.4) is 0 Å². The van der Waals surface area contributed by atoms with E-state index < -0.39 is 18.2 Å². The Labute approximate surface area is 128 Å². The van der Waals surface area contributed by atoms with Crippen LogP contribution >= 0.6 is 0 Å². The number of para-hydroxylation sites is 1. The Balaban J connectivity index is 2.01. The van der Waals surface area contributed by atoms with Crippen molar-refractivity contribution in [3.05, 3.63) is 66.2 Å². The van der Waals surface area contributed by atoms with Gasteiger partial charge in [-0.05, 0) is 17.7 Å². The predicted molar refractivity (Wildman–Crippen MR) is 82.4 cm³/mol. The molecule has 2 aromatic rings. The Morgan fingerprint density at radius 3 is 2.14 bits per heavy atom. The second-order valence-electron chi connectivity index (χ2n) is 5.00. The smallest absolute Gasteiger partial charge is 0.330 e. The molecule has 0 saturated carbocycles. The molecule has 112 valence electrons. The quantitative estimate of drug-likeness (QED) is 0.946. The lowest BCUT2D eigenvalue weighted by molar-refractivity contribution is -0.124. The highest BCUT2D eigenvalue weighted by Gasteiger charge is 2.42. The second kappa shape index (κ2) is 5.99. The van der Waals surface area contributed by atoms with E-state index in [4.69, 9.17) is 4.74 Å². The number of imide groups is 1. The van der Waals surface area contributed by atoms with Gasteiger partial charge in [0.05, 0.1) is 5.69 Å². The zero-order valence-electron chi connectivity index (χ0n) is 12.1. The molecule has 0 aliphatic carbocycles. The van der Waals surface area contributed by atoms with Crippen LogP contribution in [0.2, 0.25) is 0 Å². The number of amides is 3. The Bertz CT molecular complexity index is 673. The van der Waals surface area contributed by atoms with Crippen LogP contribution in [0.4, 0.5) is 10.5 Å². The minimum Gasteiger partial charge on any atom is -0.360 e. The Morgan fingerprint density at radius 1 is 0.955 bits per heavy atom. The first-order valence-corrected chi connectivity index (χ1v) is 6.99. The molecule has 1 heterocycles. The van der Waals surface area contributed by atoms with Gasteiger partial charge >= 0.3 is 6.03 Å². The van der Waals surface area contributed by atoms with Crippen LogP contribution < -0.4 is 10.2 Å². The Kier molecular flexibility index (Phi) is 3.89. The lowest BCUT2D eigenvalue weighted by Crippen LogP contribution is -2.59. The van der Waals surface area contributed by atoms with Crippen LogP contribution in [-0.4, -0.2) is 25.3 Å². The normalized spacial score (nSPS) is 21.6. The van der Waals surface area contributed by atoms with Crippen LogP contribution in [0.5, 0.6) is 0 Å². The first kappa shape index (κ1) is 14.3. The molecule has 1 aliphatic rings. The van der Waals surface area contributed by atoms with Crippen molar-refractivity contribution in [1.29, 1.82) is 0 Å². The van der Waals surface area contributed by atoms with Gasteiger partial charge in [-0.15, -0.1) is 0 Å². The van der Waals surface area contributed by atoms with E-state index in [2.05, 4.69) is 5.32 Å². The molecule has 3 rings (SSSR count). The van der Waals surface area contributed by atoms with E-state index in [1.165, 1.54) is 7.11 Å². The Hall–Kier alpha value is -2.66. The van der Waals surface area contributed by atoms with E-state index in [-0.39, 0.29) is 5.91 Å². The lowest BCUT2D eigenvalue weighted by Gasteiger charge is -2.36. The van der Waals surface area contributed by atoms with Gasteiger partial charge in [-0.3, -0.25) is 4.79 Å². The molecule has 22 heavy (non-hydrogen) atoms. The molecule has 5 heteroatoms. The molecule has 3 amide bonds. The van der Waals surface area contributed by atoms with Crippen molar-refractivity contribution in [3.8, 4) is 0 Å². The maximum atomic E-state index is 12.9. The van der Waals surface area contributed by atoms with Crippen molar-refractivity contribution in [2.24, 2.45) is 0 Å². The number of nitrogens with zero attached hydrogens (tertiary/aromatic N) is 1. The van der Waals surface area contributed by atoms with Crippen molar-refractivity contribution in [2.45, 2.75) is 12.1 Å².